The maximum absolute atomic E-state index is 12.1. The summed E-state index contributed by atoms with van der Waals surface area (Å²) in [5.74, 6) is -0.245. The summed E-state index contributed by atoms with van der Waals surface area (Å²) in [7, 11) is 0. The molecule has 0 spiro atoms. The van der Waals surface area contributed by atoms with Crippen LogP contribution in [0.2, 0.25) is 0 Å². The van der Waals surface area contributed by atoms with E-state index in [-0.39, 0.29) is 24.4 Å². The summed E-state index contributed by atoms with van der Waals surface area (Å²) in [6.07, 6.45) is 4.93. The first kappa shape index (κ1) is 13.6. The van der Waals surface area contributed by atoms with E-state index in [0.29, 0.717) is 6.54 Å². The van der Waals surface area contributed by atoms with Crippen LogP contribution in [-0.4, -0.2) is 29.9 Å². The summed E-state index contributed by atoms with van der Waals surface area (Å²) in [4.78, 5) is 27.1. The fourth-order valence-corrected chi connectivity index (χ4v) is 3.85. The number of fused-ring (bicyclic) bond motifs is 1. The first-order chi connectivity index (χ1) is 9.74. The Bertz CT molecular complexity index is 505. The molecule has 1 amide bonds. The Morgan fingerprint density at radius 1 is 1.35 bits per heavy atom. The van der Waals surface area contributed by atoms with Crippen LogP contribution in [0.5, 0.6) is 0 Å². The van der Waals surface area contributed by atoms with Crippen molar-refractivity contribution < 1.29 is 14.3 Å². The molecule has 20 heavy (non-hydrogen) atoms. The molecule has 5 heteroatoms. The second-order valence-corrected chi connectivity index (χ2v) is 6.52. The molecule has 0 unspecified atom stereocenters. The van der Waals surface area contributed by atoms with Crippen molar-refractivity contribution in [2.75, 3.05) is 13.2 Å². The van der Waals surface area contributed by atoms with Gasteiger partial charge in [0.2, 0.25) is 0 Å². The van der Waals surface area contributed by atoms with E-state index in [4.69, 9.17) is 4.74 Å². The zero-order valence-electron chi connectivity index (χ0n) is 11.5. The first-order valence-electron chi connectivity index (χ1n) is 7.23. The SMILES string of the molecule is O=C(OCC(=O)N1CCc2sccc2C1)C1CCCC1. The fraction of sp³-hybridized carbons (Fsp3) is 0.600. The van der Waals surface area contributed by atoms with Gasteiger partial charge in [-0.15, -0.1) is 11.3 Å². The topological polar surface area (TPSA) is 46.6 Å². The second-order valence-electron chi connectivity index (χ2n) is 5.52. The summed E-state index contributed by atoms with van der Waals surface area (Å²) in [6.45, 7) is 1.28. The van der Waals surface area contributed by atoms with E-state index in [9.17, 15) is 9.59 Å². The molecule has 1 aliphatic heterocycles. The van der Waals surface area contributed by atoms with Crippen molar-refractivity contribution in [3.8, 4) is 0 Å². The summed E-state index contributed by atoms with van der Waals surface area (Å²) in [5, 5.41) is 2.07. The van der Waals surface area contributed by atoms with Crippen LogP contribution in [0, 0.1) is 5.92 Å². The number of nitrogens with zero attached hydrogens (tertiary/aromatic N) is 1. The van der Waals surface area contributed by atoms with Gasteiger partial charge in [-0.05, 0) is 36.3 Å². The zero-order valence-corrected chi connectivity index (χ0v) is 12.3. The monoisotopic (exact) mass is 293 g/mol. The third-order valence-corrected chi connectivity index (χ3v) is 5.21. The quantitative estimate of drug-likeness (QED) is 0.804. The van der Waals surface area contributed by atoms with E-state index in [2.05, 4.69) is 11.4 Å². The van der Waals surface area contributed by atoms with Crippen LogP contribution in [0.15, 0.2) is 11.4 Å². The van der Waals surface area contributed by atoms with Gasteiger partial charge in [-0.25, -0.2) is 0 Å². The molecule has 108 valence electrons. The minimum Gasteiger partial charge on any atom is -0.455 e. The summed E-state index contributed by atoms with van der Waals surface area (Å²) < 4.78 is 5.18. The summed E-state index contributed by atoms with van der Waals surface area (Å²) >= 11 is 1.75. The van der Waals surface area contributed by atoms with Crippen molar-refractivity contribution in [1.29, 1.82) is 0 Å². The second kappa shape index (κ2) is 5.95. The predicted molar refractivity (Wildman–Crippen MR) is 76.4 cm³/mol. The Hall–Kier alpha value is -1.36. The zero-order chi connectivity index (χ0) is 13.9. The Kier molecular flexibility index (Phi) is 4.05. The Balaban J connectivity index is 1.49. The van der Waals surface area contributed by atoms with Gasteiger partial charge in [0.05, 0.1) is 5.92 Å². The minimum atomic E-state index is -0.191. The van der Waals surface area contributed by atoms with Crippen LogP contribution >= 0.6 is 11.3 Å². The minimum absolute atomic E-state index is 0.0210. The van der Waals surface area contributed by atoms with Crippen LogP contribution in [0.4, 0.5) is 0 Å². The highest BCUT2D eigenvalue weighted by atomic mass is 32.1. The van der Waals surface area contributed by atoms with Crippen LogP contribution < -0.4 is 0 Å². The molecule has 3 rings (SSSR count). The molecule has 0 aromatic carbocycles. The Labute approximate surface area is 122 Å². The number of esters is 1. The molecular weight excluding hydrogens is 274 g/mol. The highest BCUT2D eigenvalue weighted by Gasteiger charge is 2.26. The van der Waals surface area contributed by atoms with Gasteiger partial charge in [0.15, 0.2) is 6.61 Å². The van der Waals surface area contributed by atoms with Gasteiger partial charge in [0, 0.05) is 18.0 Å². The van der Waals surface area contributed by atoms with Gasteiger partial charge in [0.1, 0.15) is 0 Å². The van der Waals surface area contributed by atoms with Gasteiger partial charge >= 0.3 is 5.97 Å². The molecule has 0 N–H and O–H groups in total. The lowest BCUT2D eigenvalue weighted by atomic mass is 10.1. The lowest BCUT2D eigenvalue weighted by Crippen LogP contribution is -2.38. The van der Waals surface area contributed by atoms with Crippen LogP contribution in [-0.2, 0) is 27.3 Å². The molecular formula is C15H19NO3S. The molecule has 0 radical (unpaired) electrons. The highest BCUT2D eigenvalue weighted by Crippen LogP contribution is 2.26. The van der Waals surface area contributed by atoms with E-state index in [0.717, 1.165) is 38.6 Å². The molecule has 2 heterocycles. The van der Waals surface area contributed by atoms with Gasteiger partial charge in [-0.2, -0.15) is 0 Å². The number of rotatable bonds is 3. The Morgan fingerprint density at radius 2 is 2.15 bits per heavy atom. The molecule has 1 aromatic heterocycles. The van der Waals surface area contributed by atoms with Gasteiger partial charge in [0.25, 0.3) is 5.91 Å². The highest BCUT2D eigenvalue weighted by molar-refractivity contribution is 7.10. The predicted octanol–water partition coefficient (Wildman–Crippen LogP) is 2.37. The maximum Gasteiger partial charge on any atom is 0.309 e. The number of thiophene rings is 1. The van der Waals surface area contributed by atoms with Gasteiger partial charge in [-0.3, -0.25) is 9.59 Å². The Morgan fingerprint density at radius 3 is 2.95 bits per heavy atom. The molecule has 1 saturated carbocycles. The summed E-state index contributed by atoms with van der Waals surface area (Å²) in [6, 6.07) is 2.07. The third kappa shape index (κ3) is 2.87. The van der Waals surface area contributed by atoms with Gasteiger partial charge in [-0.1, -0.05) is 12.8 Å². The lowest BCUT2D eigenvalue weighted by molar-refractivity contribution is -0.155. The maximum atomic E-state index is 12.1. The largest absolute Gasteiger partial charge is 0.455 e. The number of hydrogen-bond donors (Lipinski definition) is 0. The third-order valence-electron chi connectivity index (χ3n) is 4.19. The molecule has 0 bridgehead atoms. The van der Waals surface area contributed by atoms with Crippen LogP contribution in [0.25, 0.3) is 0 Å². The van der Waals surface area contributed by atoms with Gasteiger partial charge < -0.3 is 9.64 Å². The van der Waals surface area contributed by atoms with Crippen molar-refractivity contribution in [2.24, 2.45) is 5.92 Å². The van der Waals surface area contributed by atoms with Crippen LogP contribution in [0.3, 0.4) is 0 Å². The normalized spacial score (nSPS) is 18.9. The number of amides is 1. The van der Waals surface area contributed by atoms with E-state index in [1.165, 1.54) is 10.4 Å². The first-order valence-corrected chi connectivity index (χ1v) is 8.11. The molecule has 1 aliphatic carbocycles. The lowest BCUT2D eigenvalue weighted by Gasteiger charge is -2.27. The van der Waals surface area contributed by atoms with E-state index < -0.39 is 0 Å². The van der Waals surface area contributed by atoms with E-state index >= 15 is 0 Å². The molecule has 1 fully saturated rings. The molecule has 0 saturated heterocycles. The molecule has 0 atom stereocenters. The van der Waals surface area contributed by atoms with Crippen molar-refractivity contribution in [1.82, 2.24) is 4.90 Å². The fourth-order valence-electron chi connectivity index (χ4n) is 2.96. The molecule has 1 aromatic rings. The number of hydrogen-bond acceptors (Lipinski definition) is 4. The number of ether oxygens (including phenoxy) is 1. The van der Waals surface area contributed by atoms with Crippen LogP contribution in [0.1, 0.15) is 36.1 Å². The van der Waals surface area contributed by atoms with Crippen molar-refractivity contribution in [3.05, 3.63) is 21.9 Å². The average Bonchev–Trinajstić information content (AvgIpc) is 3.13. The number of carbonyl (C=O) groups is 2. The average molecular weight is 293 g/mol. The van der Waals surface area contributed by atoms with Crippen molar-refractivity contribution in [3.63, 3.8) is 0 Å². The van der Waals surface area contributed by atoms with E-state index in [1.807, 2.05) is 0 Å². The number of carbonyl (C=O) groups excluding carboxylic acids is 2. The van der Waals surface area contributed by atoms with E-state index in [1.54, 1.807) is 16.2 Å². The summed E-state index contributed by atoms with van der Waals surface area (Å²) in [5.41, 5.74) is 1.23. The standard InChI is InChI=1S/C15H19NO3S/c17-14(10-19-15(18)11-3-1-2-4-11)16-7-5-13-12(9-16)6-8-20-13/h6,8,11H,1-5,7,9-10H2. The molecule has 4 nitrogen and oxygen atoms in total. The van der Waals surface area contributed by atoms with Crippen molar-refractivity contribution in [2.45, 2.75) is 38.6 Å². The molecule has 2 aliphatic rings. The van der Waals surface area contributed by atoms with Crippen molar-refractivity contribution >= 4 is 23.2 Å². The smallest absolute Gasteiger partial charge is 0.309 e.